The molecule has 2 rings (SSSR count). The van der Waals surface area contributed by atoms with Gasteiger partial charge in [-0.05, 0) is 25.8 Å². The summed E-state index contributed by atoms with van der Waals surface area (Å²) in [5.74, 6) is -0.452. The van der Waals surface area contributed by atoms with E-state index in [1.165, 1.54) is 18.2 Å². The molecule has 0 aromatic heterocycles. The van der Waals surface area contributed by atoms with Gasteiger partial charge in [0.1, 0.15) is 5.69 Å². The maximum atomic E-state index is 12.3. The molecule has 0 aliphatic heterocycles. The fourth-order valence-electron chi connectivity index (χ4n) is 2.12. The molecule has 1 saturated carbocycles. The van der Waals surface area contributed by atoms with E-state index in [-0.39, 0.29) is 35.8 Å². The number of nitro groups is 1. The third-order valence-electron chi connectivity index (χ3n) is 3.87. The number of rotatable bonds is 7. The predicted octanol–water partition coefficient (Wildman–Crippen LogP) is -0.285. The number of carbonyl (C=O) groups is 2. The molecule has 1 aliphatic carbocycles. The van der Waals surface area contributed by atoms with E-state index < -0.39 is 11.0 Å². The highest BCUT2D eigenvalue weighted by atomic mass is 16.6. The standard InChI is InChI=1S/C15H20N4O4/c1-10(18(2)9-14(20)16-11-7-8-11)15(21)17-12-5-3-4-6-13(12)19(22)23/h3-6,10-11H,7-9H2,1-2H3,(H,16,20)(H,17,21)/p+1/t10-/m1/s1. The van der Waals surface area contributed by atoms with Crippen molar-refractivity contribution >= 4 is 23.2 Å². The van der Waals surface area contributed by atoms with Gasteiger partial charge < -0.3 is 15.5 Å². The fourth-order valence-corrected chi connectivity index (χ4v) is 2.12. The molecule has 1 unspecified atom stereocenters. The molecule has 0 saturated heterocycles. The number of hydrogen-bond donors (Lipinski definition) is 3. The average molecular weight is 321 g/mol. The van der Waals surface area contributed by atoms with Crippen molar-refractivity contribution in [3.05, 3.63) is 34.4 Å². The zero-order chi connectivity index (χ0) is 17.0. The van der Waals surface area contributed by atoms with E-state index in [1.807, 2.05) is 0 Å². The highest BCUT2D eigenvalue weighted by molar-refractivity contribution is 5.95. The Morgan fingerprint density at radius 3 is 2.65 bits per heavy atom. The Hall–Kier alpha value is -2.48. The van der Waals surface area contributed by atoms with Crippen LogP contribution in [0.2, 0.25) is 0 Å². The minimum absolute atomic E-state index is 0.0876. The van der Waals surface area contributed by atoms with Crippen LogP contribution in [0.3, 0.4) is 0 Å². The second-order valence-electron chi connectivity index (χ2n) is 5.85. The van der Waals surface area contributed by atoms with Gasteiger partial charge in [0.25, 0.3) is 17.5 Å². The van der Waals surface area contributed by atoms with Crippen molar-refractivity contribution in [2.45, 2.75) is 31.8 Å². The quantitative estimate of drug-likeness (QED) is 0.474. The number of amides is 2. The van der Waals surface area contributed by atoms with Crippen molar-refractivity contribution < 1.29 is 19.4 Å². The van der Waals surface area contributed by atoms with Crippen LogP contribution in [0.1, 0.15) is 19.8 Å². The minimum atomic E-state index is -0.542. The maximum Gasteiger partial charge on any atom is 0.292 e. The first kappa shape index (κ1) is 16.9. The number of benzene rings is 1. The van der Waals surface area contributed by atoms with Gasteiger partial charge in [-0.25, -0.2) is 0 Å². The fraction of sp³-hybridized carbons (Fsp3) is 0.467. The molecule has 8 nitrogen and oxygen atoms in total. The van der Waals surface area contributed by atoms with Gasteiger partial charge in [0.15, 0.2) is 12.6 Å². The van der Waals surface area contributed by atoms with Crippen LogP contribution in [0.25, 0.3) is 0 Å². The molecule has 1 fully saturated rings. The van der Waals surface area contributed by atoms with Crippen LogP contribution in [0, 0.1) is 10.1 Å². The van der Waals surface area contributed by atoms with Crippen LogP contribution in [-0.2, 0) is 9.59 Å². The van der Waals surface area contributed by atoms with E-state index >= 15 is 0 Å². The van der Waals surface area contributed by atoms with E-state index in [4.69, 9.17) is 0 Å². The van der Waals surface area contributed by atoms with Gasteiger partial charge >= 0.3 is 0 Å². The van der Waals surface area contributed by atoms with Crippen LogP contribution in [-0.4, -0.2) is 42.4 Å². The van der Waals surface area contributed by atoms with Gasteiger partial charge in [0.05, 0.1) is 12.0 Å². The molecule has 0 heterocycles. The Balaban J connectivity index is 1.93. The smallest absolute Gasteiger partial charge is 0.292 e. The van der Waals surface area contributed by atoms with Gasteiger partial charge in [-0.15, -0.1) is 0 Å². The lowest BCUT2D eigenvalue weighted by atomic mass is 10.2. The van der Waals surface area contributed by atoms with Gasteiger partial charge in [0, 0.05) is 12.1 Å². The first-order chi connectivity index (χ1) is 10.9. The van der Waals surface area contributed by atoms with Crippen molar-refractivity contribution in [3.63, 3.8) is 0 Å². The molecule has 0 spiro atoms. The minimum Gasteiger partial charge on any atom is -0.348 e. The summed E-state index contributed by atoms with van der Waals surface area (Å²) in [6, 6.07) is 5.74. The van der Waals surface area contributed by atoms with Crippen molar-refractivity contribution in [2.75, 3.05) is 18.9 Å². The molecule has 2 amide bonds. The molecule has 1 aromatic carbocycles. The first-order valence-corrected chi connectivity index (χ1v) is 7.54. The number of quaternary nitrogens is 1. The van der Waals surface area contributed by atoms with Gasteiger partial charge in [-0.1, -0.05) is 12.1 Å². The number of para-hydroxylation sites is 2. The Labute approximate surface area is 134 Å². The SMILES string of the molecule is C[C@H](C(=O)Nc1ccccc1[N+](=O)[O-])[NH+](C)CC(=O)NC1CC1. The van der Waals surface area contributed by atoms with Crippen LogP contribution < -0.4 is 15.5 Å². The molecule has 1 aromatic rings. The Kier molecular flexibility index (Phi) is 5.28. The van der Waals surface area contributed by atoms with Crippen LogP contribution in [0.5, 0.6) is 0 Å². The summed E-state index contributed by atoms with van der Waals surface area (Å²) in [5, 5.41) is 16.4. The van der Waals surface area contributed by atoms with E-state index in [1.54, 1.807) is 20.0 Å². The molecule has 8 heteroatoms. The lowest BCUT2D eigenvalue weighted by Gasteiger charge is -2.20. The molecule has 2 atom stereocenters. The van der Waals surface area contributed by atoms with E-state index in [9.17, 15) is 19.7 Å². The number of carbonyl (C=O) groups excluding carboxylic acids is 2. The monoisotopic (exact) mass is 321 g/mol. The zero-order valence-electron chi connectivity index (χ0n) is 13.2. The lowest BCUT2D eigenvalue weighted by Crippen LogP contribution is -3.15. The summed E-state index contributed by atoms with van der Waals surface area (Å²) in [5.41, 5.74) is 0.00163. The van der Waals surface area contributed by atoms with Gasteiger partial charge in [-0.3, -0.25) is 19.7 Å². The average Bonchev–Trinajstić information content (AvgIpc) is 3.30. The molecule has 0 radical (unpaired) electrons. The molecular weight excluding hydrogens is 300 g/mol. The molecular formula is C15H21N4O4+. The molecule has 124 valence electrons. The van der Waals surface area contributed by atoms with E-state index in [0.29, 0.717) is 0 Å². The number of likely N-dealkylation sites (N-methyl/N-ethyl adjacent to an activating group) is 1. The molecule has 0 bridgehead atoms. The molecule has 23 heavy (non-hydrogen) atoms. The highest BCUT2D eigenvalue weighted by Gasteiger charge is 2.28. The Morgan fingerprint density at radius 2 is 2.04 bits per heavy atom. The zero-order valence-corrected chi connectivity index (χ0v) is 13.2. The summed E-state index contributed by atoms with van der Waals surface area (Å²) in [6.07, 6.45) is 2.02. The number of nitrogens with zero attached hydrogens (tertiary/aromatic N) is 1. The van der Waals surface area contributed by atoms with Crippen molar-refractivity contribution in [3.8, 4) is 0 Å². The summed E-state index contributed by atoms with van der Waals surface area (Å²) in [6.45, 7) is 1.87. The molecule has 3 N–H and O–H groups in total. The van der Waals surface area contributed by atoms with Crippen LogP contribution >= 0.6 is 0 Å². The Morgan fingerprint density at radius 1 is 1.39 bits per heavy atom. The topological polar surface area (TPSA) is 106 Å². The number of hydrogen-bond acceptors (Lipinski definition) is 4. The first-order valence-electron chi connectivity index (χ1n) is 7.54. The largest absolute Gasteiger partial charge is 0.348 e. The van der Waals surface area contributed by atoms with Gasteiger partial charge in [-0.2, -0.15) is 0 Å². The predicted molar refractivity (Wildman–Crippen MR) is 84.1 cm³/mol. The number of nitrogens with one attached hydrogen (secondary N) is 3. The third kappa shape index (κ3) is 4.75. The van der Waals surface area contributed by atoms with Crippen molar-refractivity contribution in [1.29, 1.82) is 0 Å². The number of nitro benzene ring substituents is 1. The Bertz CT molecular complexity index is 615. The van der Waals surface area contributed by atoms with E-state index in [2.05, 4.69) is 10.6 Å². The van der Waals surface area contributed by atoms with Crippen molar-refractivity contribution in [1.82, 2.24) is 5.32 Å². The second kappa shape index (κ2) is 7.19. The normalized spacial score (nSPS) is 16.3. The van der Waals surface area contributed by atoms with Crippen LogP contribution in [0.15, 0.2) is 24.3 Å². The van der Waals surface area contributed by atoms with Crippen LogP contribution in [0.4, 0.5) is 11.4 Å². The number of anilines is 1. The highest BCUT2D eigenvalue weighted by Crippen LogP contribution is 2.23. The lowest BCUT2D eigenvalue weighted by molar-refractivity contribution is -0.885. The maximum absolute atomic E-state index is 12.3. The van der Waals surface area contributed by atoms with E-state index in [0.717, 1.165) is 17.7 Å². The second-order valence-corrected chi connectivity index (χ2v) is 5.85. The summed E-state index contributed by atoms with van der Waals surface area (Å²) in [4.78, 5) is 35.2. The van der Waals surface area contributed by atoms with Crippen molar-refractivity contribution in [2.24, 2.45) is 0 Å². The summed E-state index contributed by atoms with van der Waals surface area (Å²) >= 11 is 0. The van der Waals surface area contributed by atoms with Gasteiger partial charge in [0.2, 0.25) is 0 Å². The third-order valence-corrected chi connectivity index (χ3v) is 3.87. The summed E-state index contributed by atoms with van der Waals surface area (Å²) < 4.78 is 0. The summed E-state index contributed by atoms with van der Waals surface area (Å²) in [7, 11) is 1.75. The molecule has 1 aliphatic rings.